The molecule has 0 bridgehead atoms. The molecule has 1 aliphatic carbocycles. The highest BCUT2D eigenvalue weighted by Gasteiger charge is 2.51. The average Bonchev–Trinajstić information content (AvgIpc) is 2.98. The average molecular weight is 328 g/mol. The molecule has 1 aromatic rings. The molecule has 0 unspecified atom stereocenters. The van der Waals surface area contributed by atoms with Crippen LogP contribution >= 0.6 is 15.9 Å². The minimum absolute atomic E-state index is 0.109. The lowest BCUT2D eigenvalue weighted by atomic mass is 10.1. The number of halogens is 1. The number of carbonyl (C=O) groups excluding carboxylic acids is 1. The molecule has 2 N–H and O–H groups in total. The van der Waals surface area contributed by atoms with Crippen molar-refractivity contribution in [2.75, 3.05) is 6.79 Å². The predicted molar refractivity (Wildman–Crippen MR) is 67.3 cm³/mol. The first kappa shape index (κ1) is 12.3. The van der Waals surface area contributed by atoms with E-state index >= 15 is 0 Å². The summed E-state index contributed by atoms with van der Waals surface area (Å²) in [5.74, 6) is -0.407. The lowest BCUT2D eigenvalue weighted by molar-refractivity contribution is -0.140. The summed E-state index contributed by atoms with van der Waals surface area (Å²) >= 11 is 3.29. The Bertz CT molecular complexity index is 582. The van der Waals surface area contributed by atoms with Gasteiger partial charge in [-0.1, -0.05) is 0 Å². The van der Waals surface area contributed by atoms with Gasteiger partial charge in [0, 0.05) is 5.56 Å². The molecule has 3 rings (SSSR count). The second-order valence-electron chi connectivity index (χ2n) is 4.53. The maximum atomic E-state index is 12.1. The molecule has 1 aliphatic heterocycles. The fourth-order valence-electron chi connectivity index (χ4n) is 1.91. The van der Waals surface area contributed by atoms with Crippen molar-refractivity contribution < 1.29 is 24.2 Å². The smallest absolute Gasteiger partial charge is 0.329 e. The monoisotopic (exact) mass is 327 g/mol. The lowest BCUT2D eigenvalue weighted by Gasteiger charge is -2.13. The molecular weight excluding hydrogens is 318 g/mol. The number of fused-ring (bicyclic) bond motifs is 1. The van der Waals surface area contributed by atoms with E-state index in [1.54, 1.807) is 12.1 Å². The van der Waals surface area contributed by atoms with Gasteiger partial charge in [-0.15, -0.1) is 0 Å². The van der Waals surface area contributed by atoms with Crippen LogP contribution in [-0.2, 0) is 4.79 Å². The fraction of sp³-hybridized carbons (Fsp3) is 0.333. The Morgan fingerprint density at radius 1 is 1.32 bits per heavy atom. The normalized spacial score (nSPS) is 17.9. The molecule has 6 nitrogen and oxygen atoms in total. The van der Waals surface area contributed by atoms with Gasteiger partial charge in [0.15, 0.2) is 11.5 Å². The van der Waals surface area contributed by atoms with Crippen LogP contribution in [-0.4, -0.2) is 29.3 Å². The van der Waals surface area contributed by atoms with Crippen LogP contribution in [0.5, 0.6) is 11.5 Å². The van der Waals surface area contributed by atoms with E-state index in [9.17, 15) is 9.59 Å². The topological polar surface area (TPSA) is 84.9 Å². The van der Waals surface area contributed by atoms with Crippen molar-refractivity contribution in [3.63, 3.8) is 0 Å². The molecular formula is C12H10BrNO5. The molecule has 2 aliphatic rings. The van der Waals surface area contributed by atoms with Crippen LogP contribution < -0.4 is 14.8 Å². The Kier molecular flexibility index (Phi) is 2.67. The number of carboxylic acid groups (broad SMARTS) is 1. The van der Waals surface area contributed by atoms with Crippen molar-refractivity contribution in [2.45, 2.75) is 18.4 Å². The standard InChI is InChI=1S/C12H10BrNO5/c13-7-3-6(4-8-9(7)19-5-18-8)10(15)14-12(1-2-12)11(16)17/h3-4H,1-2,5H2,(H,14,15)(H,16,17). The number of aliphatic carboxylic acids is 1. The van der Waals surface area contributed by atoms with E-state index in [2.05, 4.69) is 21.2 Å². The van der Waals surface area contributed by atoms with Crippen LogP contribution in [0.15, 0.2) is 16.6 Å². The summed E-state index contributed by atoms with van der Waals surface area (Å²) in [5.41, 5.74) is -0.761. The summed E-state index contributed by atoms with van der Waals surface area (Å²) in [4.78, 5) is 23.1. The second-order valence-corrected chi connectivity index (χ2v) is 5.39. The summed E-state index contributed by atoms with van der Waals surface area (Å²) in [6, 6.07) is 3.13. The zero-order valence-corrected chi connectivity index (χ0v) is 11.3. The quantitative estimate of drug-likeness (QED) is 0.879. The first-order chi connectivity index (χ1) is 9.02. The summed E-state index contributed by atoms with van der Waals surface area (Å²) in [6.45, 7) is 0.109. The van der Waals surface area contributed by atoms with Gasteiger partial charge in [0.25, 0.3) is 5.91 Å². The molecule has 1 saturated carbocycles. The van der Waals surface area contributed by atoms with E-state index in [4.69, 9.17) is 14.6 Å². The number of nitrogens with one attached hydrogen (secondary N) is 1. The van der Waals surface area contributed by atoms with Gasteiger partial charge < -0.3 is 19.9 Å². The minimum Gasteiger partial charge on any atom is -0.480 e. The van der Waals surface area contributed by atoms with Gasteiger partial charge in [0.1, 0.15) is 5.54 Å². The Hall–Kier alpha value is -1.76. The third kappa shape index (κ3) is 2.03. The van der Waals surface area contributed by atoms with E-state index in [1.807, 2.05) is 0 Å². The van der Waals surface area contributed by atoms with Crippen molar-refractivity contribution in [1.29, 1.82) is 0 Å². The van der Waals surface area contributed by atoms with E-state index < -0.39 is 17.4 Å². The van der Waals surface area contributed by atoms with Gasteiger partial charge in [-0.25, -0.2) is 4.79 Å². The molecule has 0 spiro atoms. The highest BCUT2D eigenvalue weighted by Crippen LogP contribution is 2.41. The molecule has 100 valence electrons. The Morgan fingerprint density at radius 2 is 2.05 bits per heavy atom. The van der Waals surface area contributed by atoms with Crippen molar-refractivity contribution in [3.8, 4) is 11.5 Å². The lowest BCUT2D eigenvalue weighted by Crippen LogP contribution is -2.43. The van der Waals surface area contributed by atoms with Gasteiger partial charge in [-0.2, -0.15) is 0 Å². The molecule has 0 atom stereocenters. The largest absolute Gasteiger partial charge is 0.480 e. The van der Waals surface area contributed by atoms with Gasteiger partial charge in [0.05, 0.1) is 4.47 Å². The summed E-state index contributed by atoms with van der Waals surface area (Å²) in [6.07, 6.45) is 0.916. The van der Waals surface area contributed by atoms with Crippen LogP contribution in [0.4, 0.5) is 0 Å². The summed E-state index contributed by atoms with van der Waals surface area (Å²) < 4.78 is 11.0. The Labute approximate surface area is 116 Å². The van der Waals surface area contributed by atoms with Crippen LogP contribution in [0.1, 0.15) is 23.2 Å². The minimum atomic E-state index is -1.10. The van der Waals surface area contributed by atoms with Crippen molar-refractivity contribution in [1.82, 2.24) is 5.32 Å². The summed E-state index contributed by atoms with van der Waals surface area (Å²) in [7, 11) is 0. The molecule has 0 radical (unpaired) electrons. The number of carbonyl (C=O) groups is 2. The van der Waals surface area contributed by atoms with E-state index in [0.29, 0.717) is 34.4 Å². The van der Waals surface area contributed by atoms with Gasteiger partial charge in [0.2, 0.25) is 6.79 Å². The van der Waals surface area contributed by atoms with E-state index in [-0.39, 0.29) is 6.79 Å². The first-order valence-electron chi connectivity index (χ1n) is 5.67. The number of hydrogen-bond donors (Lipinski definition) is 2. The van der Waals surface area contributed by atoms with Crippen LogP contribution in [0, 0.1) is 0 Å². The van der Waals surface area contributed by atoms with Crippen LogP contribution in [0.25, 0.3) is 0 Å². The third-order valence-corrected chi connectivity index (χ3v) is 3.79. The number of carboxylic acids is 1. The number of rotatable bonds is 3. The molecule has 1 amide bonds. The molecule has 1 heterocycles. The second kappa shape index (κ2) is 4.12. The molecule has 1 aromatic carbocycles. The van der Waals surface area contributed by atoms with E-state index in [0.717, 1.165) is 0 Å². The highest BCUT2D eigenvalue weighted by molar-refractivity contribution is 9.10. The Morgan fingerprint density at radius 3 is 2.68 bits per heavy atom. The molecule has 1 fully saturated rings. The number of hydrogen-bond acceptors (Lipinski definition) is 4. The molecule has 0 saturated heterocycles. The molecule has 19 heavy (non-hydrogen) atoms. The molecule has 7 heteroatoms. The number of ether oxygens (including phenoxy) is 2. The van der Waals surface area contributed by atoms with Crippen molar-refractivity contribution in [2.24, 2.45) is 0 Å². The van der Waals surface area contributed by atoms with Crippen LogP contribution in [0.2, 0.25) is 0 Å². The maximum absolute atomic E-state index is 12.1. The molecule has 0 aromatic heterocycles. The zero-order chi connectivity index (χ0) is 13.6. The number of amides is 1. The maximum Gasteiger partial charge on any atom is 0.329 e. The predicted octanol–water partition coefficient (Wildman–Crippen LogP) is 1.52. The van der Waals surface area contributed by atoms with Crippen molar-refractivity contribution >= 4 is 27.8 Å². The van der Waals surface area contributed by atoms with E-state index in [1.165, 1.54) is 0 Å². The summed E-state index contributed by atoms with van der Waals surface area (Å²) in [5, 5.41) is 11.6. The van der Waals surface area contributed by atoms with Crippen LogP contribution in [0.3, 0.4) is 0 Å². The van der Waals surface area contributed by atoms with Gasteiger partial charge in [-0.3, -0.25) is 4.79 Å². The first-order valence-corrected chi connectivity index (χ1v) is 6.46. The highest BCUT2D eigenvalue weighted by atomic mass is 79.9. The van der Waals surface area contributed by atoms with Gasteiger partial charge >= 0.3 is 5.97 Å². The van der Waals surface area contributed by atoms with Crippen molar-refractivity contribution in [3.05, 3.63) is 22.2 Å². The Balaban J connectivity index is 1.85. The SMILES string of the molecule is O=C(NC1(C(=O)O)CC1)c1cc(Br)c2c(c1)OCO2. The zero-order valence-electron chi connectivity index (χ0n) is 9.73. The third-order valence-electron chi connectivity index (χ3n) is 3.20. The van der Waals surface area contributed by atoms with Gasteiger partial charge in [-0.05, 0) is 40.9 Å². The number of benzene rings is 1. The fourth-order valence-corrected chi connectivity index (χ4v) is 2.46.